The number of fused-ring (bicyclic) bond motifs is 1. The number of benzene rings is 1. The van der Waals surface area contributed by atoms with Gasteiger partial charge in [0.1, 0.15) is 12.1 Å². The fourth-order valence-electron chi connectivity index (χ4n) is 3.53. The summed E-state index contributed by atoms with van der Waals surface area (Å²) in [4.78, 5) is 40.5. The fraction of sp³-hybridized carbons (Fsp3) is 0.522. The van der Waals surface area contributed by atoms with Gasteiger partial charge in [0.25, 0.3) is 0 Å². The molecule has 0 bridgehead atoms. The van der Waals surface area contributed by atoms with E-state index in [2.05, 4.69) is 15.6 Å². The third-order valence-electron chi connectivity index (χ3n) is 5.85. The molecule has 0 aliphatic carbocycles. The van der Waals surface area contributed by atoms with E-state index in [1.165, 1.54) is 0 Å². The van der Waals surface area contributed by atoms with Crippen molar-refractivity contribution in [1.82, 2.24) is 15.6 Å². The van der Waals surface area contributed by atoms with Gasteiger partial charge in [-0.3, -0.25) is 9.59 Å². The summed E-state index contributed by atoms with van der Waals surface area (Å²) in [5, 5.41) is 15.9. The number of hydrogen-bond donors (Lipinski definition) is 6. The maximum Gasteiger partial charge on any atom is 0.326 e. The average Bonchev–Trinajstić information content (AvgIpc) is 3.19. The highest BCUT2D eigenvalue weighted by Gasteiger charge is 2.29. The SMILES string of the molecule is CCC(C)C(N)C(=O)NC(CCCCN)C(=O)NC(Cc1c[nH]c2ccccc12)C(=O)O. The molecule has 0 aliphatic heterocycles. The summed E-state index contributed by atoms with van der Waals surface area (Å²) in [5.41, 5.74) is 13.2. The molecule has 0 saturated carbocycles. The second-order valence-electron chi connectivity index (χ2n) is 8.22. The minimum atomic E-state index is -1.15. The van der Waals surface area contributed by atoms with Gasteiger partial charge < -0.3 is 32.2 Å². The first kappa shape index (κ1) is 25.4. The fourth-order valence-corrected chi connectivity index (χ4v) is 3.53. The molecule has 176 valence electrons. The van der Waals surface area contributed by atoms with Gasteiger partial charge in [-0.2, -0.15) is 0 Å². The van der Waals surface area contributed by atoms with Gasteiger partial charge >= 0.3 is 5.97 Å². The quantitative estimate of drug-likeness (QED) is 0.254. The maximum atomic E-state index is 13.0. The number of unbranched alkanes of at least 4 members (excludes halogenated alkanes) is 1. The largest absolute Gasteiger partial charge is 0.480 e. The van der Waals surface area contributed by atoms with Crippen LogP contribution in [0.4, 0.5) is 0 Å². The Kier molecular flexibility index (Phi) is 9.67. The monoisotopic (exact) mass is 445 g/mol. The molecule has 4 unspecified atom stereocenters. The van der Waals surface area contributed by atoms with Gasteiger partial charge in [0.2, 0.25) is 11.8 Å². The van der Waals surface area contributed by atoms with Crippen LogP contribution in [0, 0.1) is 5.92 Å². The molecule has 9 nitrogen and oxygen atoms in total. The van der Waals surface area contributed by atoms with Crippen molar-refractivity contribution in [3.8, 4) is 0 Å². The Bertz CT molecular complexity index is 913. The first-order chi connectivity index (χ1) is 15.3. The Labute approximate surface area is 188 Å². The van der Waals surface area contributed by atoms with Gasteiger partial charge in [-0.05, 0) is 43.4 Å². The highest BCUT2D eigenvalue weighted by atomic mass is 16.4. The summed E-state index contributed by atoms with van der Waals surface area (Å²) in [5.74, 6) is -2.15. The molecule has 1 aromatic heterocycles. The number of rotatable bonds is 13. The van der Waals surface area contributed by atoms with E-state index in [1.807, 2.05) is 38.1 Å². The lowest BCUT2D eigenvalue weighted by Crippen LogP contribution is -2.55. The molecule has 1 heterocycles. The Balaban J connectivity index is 2.12. The average molecular weight is 446 g/mol. The minimum absolute atomic E-state index is 0.0450. The van der Waals surface area contributed by atoms with E-state index in [-0.39, 0.29) is 12.3 Å². The first-order valence-corrected chi connectivity index (χ1v) is 11.1. The van der Waals surface area contributed by atoms with Crippen LogP contribution in [0.2, 0.25) is 0 Å². The standard InChI is InChI=1S/C23H35N5O4/c1-3-14(2)20(25)22(30)27-18(10-6-7-11-24)21(29)28-19(23(31)32)12-15-13-26-17-9-5-4-8-16(15)17/h4-5,8-9,13-14,18-20,26H,3,6-7,10-12,24-25H2,1-2H3,(H,27,30)(H,28,29)(H,31,32). The molecule has 0 spiro atoms. The Morgan fingerprint density at radius 3 is 2.44 bits per heavy atom. The molecular weight excluding hydrogens is 410 g/mol. The molecule has 9 heteroatoms. The van der Waals surface area contributed by atoms with Crippen molar-refractivity contribution in [1.29, 1.82) is 0 Å². The topological polar surface area (TPSA) is 163 Å². The Hall–Kier alpha value is -2.91. The lowest BCUT2D eigenvalue weighted by atomic mass is 9.98. The summed E-state index contributed by atoms with van der Waals surface area (Å²) in [6.07, 6.45) is 4.24. The van der Waals surface area contributed by atoms with Crippen molar-refractivity contribution >= 4 is 28.7 Å². The van der Waals surface area contributed by atoms with Crippen LogP contribution in [0.25, 0.3) is 10.9 Å². The zero-order valence-electron chi connectivity index (χ0n) is 18.8. The summed E-state index contributed by atoms with van der Waals surface area (Å²) >= 11 is 0. The molecule has 8 N–H and O–H groups in total. The van der Waals surface area contributed by atoms with Gasteiger partial charge in [0, 0.05) is 23.5 Å². The number of para-hydroxylation sites is 1. The number of carbonyl (C=O) groups excluding carboxylic acids is 2. The number of aromatic amines is 1. The summed E-state index contributed by atoms with van der Waals surface area (Å²) in [6.45, 7) is 4.27. The van der Waals surface area contributed by atoms with Crippen LogP contribution in [0.15, 0.2) is 30.5 Å². The molecule has 4 atom stereocenters. The van der Waals surface area contributed by atoms with Gasteiger partial charge in [-0.25, -0.2) is 4.79 Å². The zero-order chi connectivity index (χ0) is 23.7. The number of carboxylic acids is 1. The number of aromatic nitrogens is 1. The van der Waals surface area contributed by atoms with Gasteiger partial charge in [0.05, 0.1) is 6.04 Å². The zero-order valence-corrected chi connectivity index (χ0v) is 18.8. The van der Waals surface area contributed by atoms with Crippen LogP contribution in [-0.2, 0) is 20.8 Å². The lowest BCUT2D eigenvalue weighted by Gasteiger charge is -2.24. The molecule has 0 saturated heterocycles. The van der Waals surface area contributed by atoms with E-state index in [4.69, 9.17) is 11.5 Å². The van der Waals surface area contributed by atoms with Crippen LogP contribution < -0.4 is 22.1 Å². The minimum Gasteiger partial charge on any atom is -0.480 e. The molecule has 0 fully saturated rings. The number of nitrogens with two attached hydrogens (primary N) is 2. The number of hydrogen-bond acceptors (Lipinski definition) is 5. The van der Waals surface area contributed by atoms with Crippen molar-refractivity contribution in [3.63, 3.8) is 0 Å². The van der Waals surface area contributed by atoms with E-state index in [9.17, 15) is 19.5 Å². The maximum absolute atomic E-state index is 13.0. The highest BCUT2D eigenvalue weighted by molar-refractivity contribution is 5.92. The Morgan fingerprint density at radius 1 is 1.09 bits per heavy atom. The van der Waals surface area contributed by atoms with E-state index in [0.717, 1.165) is 22.9 Å². The van der Waals surface area contributed by atoms with E-state index in [1.54, 1.807) is 6.20 Å². The molecule has 1 aromatic carbocycles. The number of aliphatic carboxylic acids is 1. The van der Waals surface area contributed by atoms with Crippen molar-refractivity contribution in [3.05, 3.63) is 36.0 Å². The smallest absolute Gasteiger partial charge is 0.326 e. The van der Waals surface area contributed by atoms with Gasteiger partial charge in [-0.1, -0.05) is 38.5 Å². The van der Waals surface area contributed by atoms with Crippen molar-refractivity contribution in [2.45, 2.75) is 64.1 Å². The third kappa shape index (κ3) is 6.80. The van der Waals surface area contributed by atoms with Crippen LogP contribution in [0.5, 0.6) is 0 Å². The highest BCUT2D eigenvalue weighted by Crippen LogP contribution is 2.19. The van der Waals surface area contributed by atoms with Crippen LogP contribution in [0.1, 0.15) is 45.1 Å². The third-order valence-corrected chi connectivity index (χ3v) is 5.85. The van der Waals surface area contributed by atoms with Crippen molar-refractivity contribution in [2.75, 3.05) is 6.54 Å². The van der Waals surface area contributed by atoms with Crippen molar-refractivity contribution in [2.24, 2.45) is 17.4 Å². The van der Waals surface area contributed by atoms with E-state index < -0.39 is 35.9 Å². The van der Waals surface area contributed by atoms with Crippen molar-refractivity contribution < 1.29 is 19.5 Å². The summed E-state index contributed by atoms with van der Waals surface area (Å²) in [6, 6.07) is 4.79. The first-order valence-electron chi connectivity index (χ1n) is 11.1. The predicted octanol–water partition coefficient (Wildman–Crippen LogP) is 1.27. The molecular formula is C23H35N5O4. The molecule has 0 aliphatic rings. The van der Waals surface area contributed by atoms with Crippen LogP contribution in [0.3, 0.4) is 0 Å². The second kappa shape index (κ2) is 12.2. The summed E-state index contributed by atoms with van der Waals surface area (Å²) in [7, 11) is 0. The molecule has 2 rings (SSSR count). The van der Waals surface area contributed by atoms with E-state index >= 15 is 0 Å². The molecule has 2 amide bonds. The van der Waals surface area contributed by atoms with Crippen LogP contribution >= 0.6 is 0 Å². The van der Waals surface area contributed by atoms with Gasteiger partial charge in [-0.15, -0.1) is 0 Å². The van der Waals surface area contributed by atoms with Crippen LogP contribution in [-0.4, -0.2) is 52.5 Å². The number of carbonyl (C=O) groups is 3. The summed E-state index contributed by atoms with van der Waals surface area (Å²) < 4.78 is 0. The number of amides is 2. The lowest BCUT2D eigenvalue weighted by molar-refractivity contribution is -0.142. The number of H-pyrrole nitrogens is 1. The predicted molar refractivity (Wildman–Crippen MR) is 124 cm³/mol. The number of carboxylic acid groups (broad SMARTS) is 1. The number of nitrogens with one attached hydrogen (secondary N) is 3. The van der Waals surface area contributed by atoms with E-state index in [0.29, 0.717) is 25.8 Å². The second-order valence-corrected chi connectivity index (χ2v) is 8.22. The molecule has 32 heavy (non-hydrogen) atoms. The Morgan fingerprint density at radius 2 is 1.78 bits per heavy atom. The van der Waals surface area contributed by atoms with Gasteiger partial charge in [0.15, 0.2) is 0 Å². The normalized spacial score (nSPS) is 15.0. The molecule has 0 radical (unpaired) electrons. The molecule has 2 aromatic rings.